The predicted octanol–water partition coefficient (Wildman–Crippen LogP) is 2.21. The number of hydrogen-bond donors (Lipinski definition) is 2. The number of aliphatic hydroxyl groups is 1. The zero-order valence-corrected chi connectivity index (χ0v) is 12.2. The Morgan fingerprint density at radius 2 is 2.21 bits per heavy atom. The summed E-state index contributed by atoms with van der Waals surface area (Å²) in [5, 5.41) is 15.4. The largest absolute Gasteiger partial charge is 0.396 e. The lowest BCUT2D eigenvalue weighted by atomic mass is 9.93. The van der Waals surface area contributed by atoms with Gasteiger partial charge in [-0.25, -0.2) is 4.79 Å². The molecule has 0 radical (unpaired) electrons. The Kier molecular flexibility index (Phi) is 4.94. The van der Waals surface area contributed by atoms with Crippen molar-refractivity contribution in [2.45, 2.75) is 45.6 Å². The van der Waals surface area contributed by atoms with E-state index in [2.05, 4.69) is 10.5 Å². The average Bonchev–Trinajstić information content (AvgIpc) is 2.76. The fraction of sp³-hybridized carbons (Fsp3) is 0.692. The maximum absolute atomic E-state index is 11.9. The molecule has 0 aromatic carbocycles. The quantitative estimate of drug-likeness (QED) is 0.878. The highest BCUT2D eigenvalue weighted by molar-refractivity contribution is 5.88. The molecule has 0 aliphatic rings. The van der Waals surface area contributed by atoms with Gasteiger partial charge in [0.15, 0.2) is 5.82 Å². The molecule has 1 unspecified atom stereocenters. The molecule has 0 spiro atoms. The lowest BCUT2D eigenvalue weighted by Crippen LogP contribution is -2.38. The summed E-state index contributed by atoms with van der Waals surface area (Å²) in [7, 11) is 1.68. The third-order valence-electron chi connectivity index (χ3n) is 3.01. The summed E-state index contributed by atoms with van der Waals surface area (Å²) in [4.78, 5) is 13.5. The van der Waals surface area contributed by atoms with Gasteiger partial charge < -0.3 is 14.5 Å². The number of nitrogens with one attached hydrogen (secondary N) is 1. The van der Waals surface area contributed by atoms with Crippen LogP contribution < -0.4 is 5.32 Å². The Morgan fingerprint density at radius 1 is 1.58 bits per heavy atom. The Bertz CT molecular complexity index is 423. The third kappa shape index (κ3) is 4.24. The summed E-state index contributed by atoms with van der Waals surface area (Å²) in [6.07, 6.45) is 0.538. The van der Waals surface area contributed by atoms with Crippen LogP contribution >= 0.6 is 0 Å². The molecule has 0 aliphatic carbocycles. The van der Waals surface area contributed by atoms with Crippen molar-refractivity contribution >= 4 is 11.8 Å². The number of hydrogen-bond acceptors (Lipinski definition) is 4. The van der Waals surface area contributed by atoms with E-state index in [9.17, 15) is 4.79 Å². The van der Waals surface area contributed by atoms with Crippen molar-refractivity contribution in [2.24, 2.45) is 0 Å². The van der Waals surface area contributed by atoms with Gasteiger partial charge in [-0.05, 0) is 13.3 Å². The van der Waals surface area contributed by atoms with Gasteiger partial charge in [0.2, 0.25) is 0 Å². The fourth-order valence-corrected chi connectivity index (χ4v) is 1.47. The minimum Gasteiger partial charge on any atom is -0.396 e. The van der Waals surface area contributed by atoms with Crippen molar-refractivity contribution in [1.82, 2.24) is 10.1 Å². The van der Waals surface area contributed by atoms with Gasteiger partial charge in [0, 0.05) is 31.2 Å². The van der Waals surface area contributed by atoms with Crippen molar-refractivity contribution in [2.75, 3.05) is 19.0 Å². The molecule has 1 atom stereocenters. The Labute approximate surface area is 113 Å². The SMILES string of the molecule is CC(CCO)N(C)C(=O)Nc1cc(C(C)(C)C)on1. The molecular formula is C13H23N3O3. The fourth-order valence-electron chi connectivity index (χ4n) is 1.47. The molecule has 6 nitrogen and oxygen atoms in total. The Morgan fingerprint density at radius 3 is 2.68 bits per heavy atom. The first-order valence-electron chi connectivity index (χ1n) is 6.37. The highest BCUT2D eigenvalue weighted by Gasteiger charge is 2.21. The van der Waals surface area contributed by atoms with Crippen LogP contribution in [-0.2, 0) is 5.41 Å². The van der Waals surface area contributed by atoms with Crippen LogP contribution in [-0.4, -0.2) is 40.9 Å². The monoisotopic (exact) mass is 269 g/mol. The van der Waals surface area contributed by atoms with Gasteiger partial charge in [-0.1, -0.05) is 25.9 Å². The van der Waals surface area contributed by atoms with E-state index in [0.717, 1.165) is 0 Å². The average molecular weight is 269 g/mol. The first kappa shape index (κ1) is 15.5. The molecule has 0 bridgehead atoms. The van der Waals surface area contributed by atoms with Crippen LogP contribution in [0.1, 0.15) is 39.9 Å². The number of nitrogens with zero attached hydrogens (tertiary/aromatic N) is 2. The van der Waals surface area contributed by atoms with Crippen LogP contribution in [0.2, 0.25) is 0 Å². The van der Waals surface area contributed by atoms with Crippen molar-refractivity contribution in [3.8, 4) is 0 Å². The van der Waals surface area contributed by atoms with E-state index in [1.165, 1.54) is 4.90 Å². The number of aliphatic hydroxyl groups excluding tert-OH is 1. The summed E-state index contributed by atoms with van der Waals surface area (Å²) < 4.78 is 5.19. The van der Waals surface area contributed by atoms with Crippen molar-refractivity contribution in [3.63, 3.8) is 0 Å². The van der Waals surface area contributed by atoms with Gasteiger partial charge in [0.1, 0.15) is 5.76 Å². The number of amides is 2. The molecular weight excluding hydrogens is 246 g/mol. The molecule has 1 heterocycles. The van der Waals surface area contributed by atoms with Crippen molar-refractivity contribution < 1.29 is 14.4 Å². The molecule has 1 aromatic heterocycles. The van der Waals surface area contributed by atoms with E-state index in [0.29, 0.717) is 18.0 Å². The lowest BCUT2D eigenvalue weighted by Gasteiger charge is -2.23. The van der Waals surface area contributed by atoms with Gasteiger partial charge in [-0.15, -0.1) is 0 Å². The van der Waals surface area contributed by atoms with Crippen LogP contribution in [0, 0.1) is 0 Å². The summed E-state index contributed by atoms with van der Waals surface area (Å²) in [6, 6.07) is 1.41. The van der Waals surface area contributed by atoms with Crippen LogP contribution in [0.5, 0.6) is 0 Å². The summed E-state index contributed by atoms with van der Waals surface area (Å²) >= 11 is 0. The molecule has 108 valence electrons. The number of urea groups is 1. The van der Waals surface area contributed by atoms with E-state index in [4.69, 9.17) is 9.63 Å². The minimum absolute atomic E-state index is 0.0426. The highest BCUT2D eigenvalue weighted by atomic mass is 16.5. The van der Waals surface area contributed by atoms with Gasteiger partial charge in [0.05, 0.1) is 0 Å². The van der Waals surface area contributed by atoms with Gasteiger partial charge in [-0.2, -0.15) is 0 Å². The Balaban J connectivity index is 2.64. The first-order chi connectivity index (χ1) is 8.75. The van der Waals surface area contributed by atoms with E-state index in [-0.39, 0.29) is 24.1 Å². The highest BCUT2D eigenvalue weighted by Crippen LogP contribution is 2.24. The molecule has 19 heavy (non-hydrogen) atoms. The van der Waals surface area contributed by atoms with E-state index >= 15 is 0 Å². The molecule has 0 aliphatic heterocycles. The second kappa shape index (κ2) is 6.06. The van der Waals surface area contributed by atoms with Crippen LogP contribution in [0.4, 0.5) is 10.6 Å². The lowest BCUT2D eigenvalue weighted by molar-refractivity contribution is 0.189. The maximum atomic E-state index is 11.9. The van der Waals surface area contributed by atoms with E-state index < -0.39 is 0 Å². The molecule has 2 N–H and O–H groups in total. The minimum atomic E-state index is -0.269. The number of aromatic nitrogens is 1. The maximum Gasteiger partial charge on any atom is 0.323 e. The molecule has 2 amide bonds. The van der Waals surface area contributed by atoms with Crippen LogP contribution in [0.3, 0.4) is 0 Å². The normalized spacial score (nSPS) is 13.2. The molecule has 0 saturated carbocycles. The number of carbonyl (C=O) groups excluding carboxylic acids is 1. The van der Waals surface area contributed by atoms with E-state index in [1.54, 1.807) is 13.1 Å². The predicted molar refractivity (Wildman–Crippen MR) is 73.1 cm³/mol. The first-order valence-corrected chi connectivity index (χ1v) is 6.37. The number of carbonyl (C=O) groups is 1. The molecule has 1 rings (SSSR count). The van der Waals surface area contributed by atoms with Gasteiger partial charge >= 0.3 is 6.03 Å². The smallest absolute Gasteiger partial charge is 0.323 e. The standard InChI is InChI=1S/C13H23N3O3/c1-9(6-7-17)16(5)12(18)14-11-8-10(19-15-11)13(2,3)4/h8-9,17H,6-7H2,1-5H3,(H,14,15,18). The topological polar surface area (TPSA) is 78.6 Å². The second-order valence-electron chi connectivity index (χ2n) is 5.73. The second-order valence-corrected chi connectivity index (χ2v) is 5.73. The van der Waals surface area contributed by atoms with Crippen molar-refractivity contribution in [1.29, 1.82) is 0 Å². The third-order valence-corrected chi connectivity index (χ3v) is 3.01. The zero-order valence-electron chi connectivity index (χ0n) is 12.2. The summed E-state index contributed by atoms with van der Waals surface area (Å²) in [5.41, 5.74) is -0.147. The summed E-state index contributed by atoms with van der Waals surface area (Å²) in [5.74, 6) is 1.12. The van der Waals surface area contributed by atoms with Crippen molar-refractivity contribution in [3.05, 3.63) is 11.8 Å². The van der Waals surface area contributed by atoms with Gasteiger partial charge in [0.25, 0.3) is 0 Å². The number of anilines is 1. The molecule has 6 heteroatoms. The molecule has 1 aromatic rings. The summed E-state index contributed by atoms with van der Waals surface area (Å²) in [6.45, 7) is 7.95. The number of rotatable bonds is 4. The van der Waals surface area contributed by atoms with Crippen LogP contribution in [0.25, 0.3) is 0 Å². The molecule has 0 fully saturated rings. The zero-order chi connectivity index (χ0) is 14.6. The molecule has 0 saturated heterocycles. The Hall–Kier alpha value is -1.56. The van der Waals surface area contributed by atoms with Gasteiger partial charge in [-0.3, -0.25) is 5.32 Å². The van der Waals surface area contributed by atoms with E-state index in [1.807, 2.05) is 27.7 Å². The van der Waals surface area contributed by atoms with Crippen LogP contribution in [0.15, 0.2) is 10.6 Å².